The molecule has 0 radical (unpaired) electrons. The van der Waals surface area contributed by atoms with Gasteiger partial charge in [0.1, 0.15) is 22.5 Å². The van der Waals surface area contributed by atoms with Crippen molar-refractivity contribution in [3.63, 3.8) is 0 Å². The number of benzene rings is 2. The number of hydrogen-bond donors (Lipinski definition) is 2. The third-order valence-electron chi connectivity index (χ3n) is 3.13. The van der Waals surface area contributed by atoms with Gasteiger partial charge in [-0.3, -0.25) is 0 Å². The number of nitrogens with one attached hydrogen (secondary N) is 1. The van der Waals surface area contributed by atoms with Crippen LogP contribution in [-0.4, -0.2) is 45.1 Å². The predicted molar refractivity (Wildman–Crippen MR) is 83.2 cm³/mol. The molecule has 0 saturated carbocycles. The molecular formula is C15H15N5O2. The Hall–Kier alpha value is -3.09. The fourth-order valence-electron chi connectivity index (χ4n) is 1.97. The maximum absolute atomic E-state index is 11.6. The van der Waals surface area contributed by atoms with Crippen molar-refractivity contribution in [3.8, 4) is 11.4 Å². The number of phenolic OH excluding ortho intramolecular Hbond substituents is 1. The third kappa shape index (κ3) is 2.56. The van der Waals surface area contributed by atoms with Crippen molar-refractivity contribution < 1.29 is 9.90 Å². The smallest absolute Gasteiger partial charge is 0.321 e. The Morgan fingerprint density at radius 1 is 1.14 bits per heavy atom. The molecule has 112 valence electrons. The molecule has 2 aromatic carbocycles. The molecule has 2 amide bonds. The van der Waals surface area contributed by atoms with E-state index in [0.29, 0.717) is 11.4 Å². The monoisotopic (exact) mass is 297 g/mol. The topological polar surface area (TPSA) is 83.3 Å². The van der Waals surface area contributed by atoms with E-state index in [4.69, 9.17) is 0 Å². The molecule has 0 aliphatic carbocycles. The number of fused-ring (bicyclic) bond motifs is 1. The Kier molecular flexibility index (Phi) is 3.38. The molecule has 7 nitrogen and oxygen atoms in total. The molecule has 0 bridgehead atoms. The lowest BCUT2D eigenvalue weighted by Crippen LogP contribution is -2.27. The van der Waals surface area contributed by atoms with Crippen LogP contribution in [0, 0.1) is 0 Å². The van der Waals surface area contributed by atoms with Gasteiger partial charge in [-0.25, -0.2) is 4.79 Å². The molecular weight excluding hydrogens is 282 g/mol. The number of carbonyl (C=O) groups excluding carboxylic acids is 1. The van der Waals surface area contributed by atoms with Gasteiger partial charge in [-0.15, -0.1) is 15.0 Å². The standard InChI is InChI=1S/C15H15N5O2/c1-19(2)15(22)16-10-7-8-13(14(21)9-10)20-17-11-5-3-4-6-12(11)18-20/h3-9,21H,1-2H3,(H,16,22). The van der Waals surface area contributed by atoms with Crippen LogP contribution in [0.15, 0.2) is 42.5 Å². The predicted octanol–water partition coefficient (Wildman–Crippen LogP) is 2.22. The molecule has 1 aromatic heterocycles. The summed E-state index contributed by atoms with van der Waals surface area (Å²) in [6.45, 7) is 0. The van der Waals surface area contributed by atoms with E-state index in [0.717, 1.165) is 11.0 Å². The summed E-state index contributed by atoms with van der Waals surface area (Å²) in [5.41, 5.74) is 2.43. The number of phenols is 1. The first-order valence-electron chi connectivity index (χ1n) is 6.68. The number of rotatable bonds is 2. The van der Waals surface area contributed by atoms with Crippen LogP contribution in [0.4, 0.5) is 10.5 Å². The maximum Gasteiger partial charge on any atom is 0.321 e. The van der Waals surface area contributed by atoms with Crippen LogP contribution in [0.1, 0.15) is 0 Å². The van der Waals surface area contributed by atoms with Crippen molar-refractivity contribution in [2.45, 2.75) is 0 Å². The van der Waals surface area contributed by atoms with E-state index in [1.54, 1.807) is 26.2 Å². The number of urea groups is 1. The first-order valence-corrected chi connectivity index (χ1v) is 6.68. The molecule has 3 aromatic rings. The molecule has 0 aliphatic rings. The zero-order chi connectivity index (χ0) is 15.7. The molecule has 0 spiro atoms. The Balaban J connectivity index is 1.93. The van der Waals surface area contributed by atoms with Gasteiger partial charge in [0.15, 0.2) is 0 Å². The molecule has 0 atom stereocenters. The Morgan fingerprint density at radius 2 is 1.77 bits per heavy atom. The number of nitrogens with zero attached hydrogens (tertiary/aromatic N) is 4. The summed E-state index contributed by atoms with van der Waals surface area (Å²) in [7, 11) is 3.28. The van der Waals surface area contributed by atoms with E-state index in [1.165, 1.54) is 15.8 Å². The second-order valence-corrected chi connectivity index (χ2v) is 5.01. The van der Waals surface area contributed by atoms with Crippen LogP contribution in [0.2, 0.25) is 0 Å². The normalized spacial score (nSPS) is 10.6. The summed E-state index contributed by atoms with van der Waals surface area (Å²) in [4.78, 5) is 14.4. The highest BCUT2D eigenvalue weighted by molar-refractivity contribution is 5.89. The van der Waals surface area contributed by atoms with Crippen LogP contribution in [0.3, 0.4) is 0 Å². The van der Waals surface area contributed by atoms with Crippen molar-refractivity contribution >= 4 is 22.8 Å². The number of anilines is 1. The number of hydrogen-bond acceptors (Lipinski definition) is 4. The van der Waals surface area contributed by atoms with E-state index >= 15 is 0 Å². The van der Waals surface area contributed by atoms with Gasteiger partial charge >= 0.3 is 6.03 Å². The summed E-state index contributed by atoms with van der Waals surface area (Å²) in [6, 6.07) is 12.0. The summed E-state index contributed by atoms with van der Waals surface area (Å²) in [5, 5.41) is 21.4. The lowest BCUT2D eigenvalue weighted by atomic mass is 10.2. The fraction of sp³-hybridized carbons (Fsp3) is 0.133. The molecule has 7 heteroatoms. The van der Waals surface area contributed by atoms with E-state index < -0.39 is 0 Å². The maximum atomic E-state index is 11.6. The molecule has 2 N–H and O–H groups in total. The van der Waals surface area contributed by atoms with E-state index in [-0.39, 0.29) is 11.8 Å². The van der Waals surface area contributed by atoms with Crippen LogP contribution < -0.4 is 5.32 Å². The van der Waals surface area contributed by atoms with Gasteiger partial charge in [0.25, 0.3) is 0 Å². The van der Waals surface area contributed by atoms with Gasteiger partial charge in [-0.1, -0.05) is 12.1 Å². The van der Waals surface area contributed by atoms with Gasteiger partial charge < -0.3 is 15.3 Å². The lowest BCUT2D eigenvalue weighted by Gasteiger charge is -2.12. The molecule has 0 saturated heterocycles. The average molecular weight is 297 g/mol. The van der Waals surface area contributed by atoms with E-state index in [2.05, 4.69) is 15.5 Å². The van der Waals surface area contributed by atoms with Crippen LogP contribution >= 0.6 is 0 Å². The number of amides is 2. The molecule has 0 aliphatic heterocycles. The Labute approximate surface area is 126 Å². The fourth-order valence-corrected chi connectivity index (χ4v) is 1.97. The lowest BCUT2D eigenvalue weighted by molar-refractivity contribution is 0.230. The summed E-state index contributed by atoms with van der Waals surface area (Å²) in [6.07, 6.45) is 0. The van der Waals surface area contributed by atoms with Crippen LogP contribution in [0.25, 0.3) is 16.7 Å². The third-order valence-corrected chi connectivity index (χ3v) is 3.13. The number of aromatic hydroxyl groups is 1. The highest BCUT2D eigenvalue weighted by Crippen LogP contribution is 2.25. The summed E-state index contributed by atoms with van der Waals surface area (Å²) in [5.74, 6) is -0.0168. The highest BCUT2D eigenvalue weighted by atomic mass is 16.3. The van der Waals surface area contributed by atoms with Gasteiger partial charge in [0.05, 0.1) is 0 Å². The minimum atomic E-state index is -0.268. The van der Waals surface area contributed by atoms with Gasteiger partial charge in [0.2, 0.25) is 0 Å². The van der Waals surface area contributed by atoms with Crippen molar-refractivity contribution in [1.82, 2.24) is 19.9 Å². The molecule has 22 heavy (non-hydrogen) atoms. The largest absolute Gasteiger partial charge is 0.506 e. The van der Waals surface area contributed by atoms with Gasteiger partial charge in [-0.2, -0.15) is 0 Å². The zero-order valence-electron chi connectivity index (χ0n) is 12.2. The van der Waals surface area contributed by atoms with Gasteiger partial charge in [0, 0.05) is 25.8 Å². The Morgan fingerprint density at radius 3 is 2.32 bits per heavy atom. The molecule has 0 unspecified atom stereocenters. The second kappa shape index (κ2) is 5.36. The SMILES string of the molecule is CN(C)C(=O)Nc1ccc(-n2nc3ccccc3n2)c(O)c1. The first kappa shape index (κ1) is 13.9. The molecule has 1 heterocycles. The highest BCUT2D eigenvalue weighted by Gasteiger charge is 2.11. The molecule has 3 rings (SSSR count). The van der Waals surface area contributed by atoms with Crippen molar-refractivity contribution in [3.05, 3.63) is 42.5 Å². The summed E-state index contributed by atoms with van der Waals surface area (Å²) >= 11 is 0. The van der Waals surface area contributed by atoms with Gasteiger partial charge in [-0.05, 0) is 24.3 Å². The average Bonchev–Trinajstić information content (AvgIpc) is 2.90. The second-order valence-electron chi connectivity index (χ2n) is 5.01. The van der Waals surface area contributed by atoms with E-state index in [9.17, 15) is 9.90 Å². The Bertz CT molecular complexity index is 808. The molecule has 0 fully saturated rings. The van der Waals surface area contributed by atoms with E-state index in [1.807, 2.05) is 24.3 Å². The minimum absolute atomic E-state index is 0.0168. The first-order chi connectivity index (χ1) is 10.5. The summed E-state index contributed by atoms with van der Waals surface area (Å²) < 4.78 is 0. The van der Waals surface area contributed by atoms with Crippen LogP contribution in [-0.2, 0) is 0 Å². The van der Waals surface area contributed by atoms with Crippen molar-refractivity contribution in [2.24, 2.45) is 0 Å². The van der Waals surface area contributed by atoms with Crippen molar-refractivity contribution in [1.29, 1.82) is 0 Å². The van der Waals surface area contributed by atoms with Crippen molar-refractivity contribution in [2.75, 3.05) is 19.4 Å². The number of aromatic nitrogens is 3. The number of carbonyl (C=O) groups is 1. The zero-order valence-corrected chi connectivity index (χ0v) is 12.2. The quantitative estimate of drug-likeness (QED) is 0.759. The minimum Gasteiger partial charge on any atom is -0.506 e. The van der Waals surface area contributed by atoms with Crippen LogP contribution in [0.5, 0.6) is 5.75 Å².